The van der Waals surface area contributed by atoms with Crippen molar-refractivity contribution in [3.05, 3.63) is 0 Å². The number of rotatable bonds is 12. The van der Waals surface area contributed by atoms with E-state index < -0.39 is 97.8 Å². The van der Waals surface area contributed by atoms with Gasteiger partial charge in [0.05, 0.1) is 26.2 Å². The fourth-order valence-electron chi connectivity index (χ4n) is 1.84. The molecule has 0 aromatic rings. The van der Waals surface area contributed by atoms with Crippen LogP contribution in [0.5, 0.6) is 0 Å². The van der Waals surface area contributed by atoms with E-state index in [1.807, 2.05) is 0 Å². The summed E-state index contributed by atoms with van der Waals surface area (Å²) in [5.74, 6) is -11.2. The van der Waals surface area contributed by atoms with Crippen LogP contribution in [-0.4, -0.2) is 175 Å². The SMILES string of the molecule is CC(=O)O.CC(=O)O.CC(=O)O.CC(=O)O.CC(=O)O.CC(=O)O.CC(=O)OC(=O)CN(CCN(CC(=O)O)CC(=O)O)CC(=O)OC(C)=O.NCCN. The Labute approximate surface area is 308 Å². The molecule has 0 aromatic carbocycles. The number of carbonyl (C=O) groups excluding carboxylic acids is 4. The van der Waals surface area contributed by atoms with Crippen molar-refractivity contribution in [1.82, 2.24) is 9.80 Å². The number of aliphatic carboxylic acids is 8. The minimum Gasteiger partial charge on any atom is -0.481 e. The molecule has 0 aliphatic carbocycles. The van der Waals surface area contributed by atoms with E-state index in [9.17, 15) is 28.8 Å². The maximum absolute atomic E-state index is 11.6. The zero-order valence-corrected chi connectivity index (χ0v) is 31.0. The summed E-state index contributed by atoms with van der Waals surface area (Å²) in [6.45, 7) is 7.26. The second-order valence-electron chi connectivity index (χ2n) is 8.83. The zero-order valence-electron chi connectivity index (χ0n) is 31.0. The highest BCUT2D eigenvalue weighted by atomic mass is 16.6. The smallest absolute Gasteiger partial charge is 0.327 e. The van der Waals surface area contributed by atoms with Gasteiger partial charge in [0.2, 0.25) is 0 Å². The molecule has 0 aliphatic heterocycles. The number of esters is 4. The number of ether oxygens (including phenoxy) is 2. The molecular formula is C28H52N4O22. The molecule has 0 spiro atoms. The average Bonchev–Trinajstić information content (AvgIpc) is 2.88. The molecule has 26 heteroatoms. The molecule has 0 radical (unpaired) electrons. The Balaban J connectivity index is -0.000000101. The van der Waals surface area contributed by atoms with Crippen LogP contribution in [0.1, 0.15) is 55.4 Å². The third-order valence-corrected chi connectivity index (χ3v) is 2.84. The highest BCUT2D eigenvalue weighted by Crippen LogP contribution is 1.97. The van der Waals surface area contributed by atoms with Crippen molar-refractivity contribution in [3.63, 3.8) is 0 Å². The van der Waals surface area contributed by atoms with Gasteiger partial charge in [-0.1, -0.05) is 0 Å². The molecule has 26 nitrogen and oxygen atoms in total. The molecule has 316 valence electrons. The van der Waals surface area contributed by atoms with Crippen molar-refractivity contribution in [3.8, 4) is 0 Å². The molecule has 54 heavy (non-hydrogen) atoms. The minimum atomic E-state index is -1.26. The molecule has 0 fully saturated rings. The molecule has 0 saturated carbocycles. The van der Waals surface area contributed by atoms with Gasteiger partial charge in [-0.05, 0) is 0 Å². The van der Waals surface area contributed by atoms with Crippen LogP contribution in [0.3, 0.4) is 0 Å². The molecule has 0 aromatic heterocycles. The summed E-state index contributed by atoms with van der Waals surface area (Å²) in [7, 11) is 0. The van der Waals surface area contributed by atoms with Gasteiger partial charge in [-0.2, -0.15) is 0 Å². The maximum atomic E-state index is 11.6. The Morgan fingerprint density at radius 1 is 0.389 bits per heavy atom. The maximum Gasteiger partial charge on any atom is 0.327 e. The van der Waals surface area contributed by atoms with Crippen LogP contribution >= 0.6 is 0 Å². The highest BCUT2D eigenvalue weighted by molar-refractivity contribution is 5.87. The number of hydrogen-bond acceptors (Lipinski definition) is 18. The first kappa shape index (κ1) is 66.2. The lowest BCUT2D eigenvalue weighted by Gasteiger charge is -2.24. The monoisotopic (exact) mass is 796 g/mol. The fraction of sp³-hybridized carbons (Fsp3) is 0.571. The summed E-state index contributed by atoms with van der Waals surface area (Å²) in [5.41, 5.74) is 9.81. The van der Waals surface area contributed by atoms with E-state index in [1.165, 1.54) is 0 Å². The third kappa shape index (κ3) is 162. The Morgan fingerprint density at radius 2 is 0.556 bits per heavy atom. The van der Waals surface area contributed by atoms with Gasteiger partial charge >= 0.3 is 35.8 Å². The van der Waals surface area contributed by atoms with E-state index in [0.717, 1.165) is 65.2 Å². The zero-order chi connectivity index (χ0) is 45.2. The summed E-state index contributed by atoms with van der Waals surface area (Å²) < 4.78 is 8.68. The van der Waals surface area contributed by atoms with Crippen LogP contribution in [-0.2, 0) is 67.0 Å². The molecule has 0 unspecified atom stereocenters. The number of nitrogens with zero attached hydrogens (tertiary/aromatic N) is 2. The topological polar surface area (TPSA) is 444 Å². The van der Waals surface area contributed by atoms with Crippen LogP contribution in [0, 0.1) is 0 Å². The van der Waals surface area contributed by atoms with Gasteiger partial charge in [-0.25, -0.2) is 0 Å². The number of hydrogen-bond donors (Lipinski definition) is 10. The average molecular weight is 797 g/mol. The van der Waals surface area contributed by atoms with E-state index >= 15 is 0 Å². The number of carboxylic acids is 8. The lowest BCUT2D eigenvalue weighted by atomic mass is 10.4. The van der Waals surface area contributed by atoms with E-state index in [1.54, 1.807) is 0 Å². The summed E-state index contributed by atoms with van der Waals surface area (Å²) in [6.07, 6.45) is 0. The Bertz CT molecular complexity index is 994. The summed E-state index contributed by atoms with van der Waals surface area (Å²) in [5, 5.41) is 62.1. The molecule has 12 N–H and O–H groups in total. The van der Waals surface area contributed by atoms with Gasteiger partial charge in [-0.3, -0.25) is 67.3 Å². The van der Waals surface area contributed by atoms with Crippen molar-refractivity contribution in [2.75, 3.05) is 52.4 Å². The van der Waals surface area contributed by atoms with Crippen molar-refractivity contribution in [2.45, 2.75) is 55.4 Å². The standard InChI is InChI=1S/C14H20N2O10.C2H8N2.6C2H4O2/c1-9(17)25-13(23)7-16(8-14(24)26-10(2)18)4-3-15(5-11(19)20)6-12(21)22;3-1-2-4;6*1-2(3)4/h3-8H2,1-2H3,(H,19,20)(H,21,22);1-4H2;6*1H3,(H,3,4). The van der Waals surface area contributed by atoms with Crippen LogP contribution in [0.4, 0.5) is 0 Å². The number of carboxylic acid groups (broad SMARTS) is 8. The molecule has 0 bridgehead atoms. The van der Waals surface area contributed by atoms with Crippen molar-refractivity contribution in [2.24, 2.45) is 11.5 Å². The van der Waals surface area contributed by atoms with Gasteiger partial charge < -0.3 is 61.8 Å². The first-order valence-electron chi connectivity index (χ1n) is 14.2. The fourth-order valence-corrected chi connectivity index (χ4v) is 1.84. The quantitative estimate of drug-likeness (QED) is 0.0714. The molecular weight excluding hydrogens is 744 g/mol. The van der Waals surface area contributed by atoms with Crippen LogP contribution in [0.15, 0.2) is 0 Å². The summed E-state index contributed by atoms with van der Waals surface area (Å²) in [6, 6.07) is 0. The molecule has 0 saturated heterocycles. The molecule has 0 rings (SSSR count). The van der Waals surface area contributed by atoms with E-state index in [2.05, 4.69) is 9.47 Å². The normalized spacial score (nSPS) is 8.37. The Kier molecular flexibility index (Phi) is 57.4. The van der Waals surface area contributed by atoms with Crippen LogP contribution < -0.4 is 11.5 Å². The van der Waals surface area contributed by atoms with Crippen molar-refractivity contribution in [1.29, 1.82) is 0 Å². The molecule has 0 atom stereocenters. The third-order valence-electron chi connectivity index (χ3n) is 2.84. The summed E-state index contributed by atoms with van der Waals surface area (Å²) >= 11 is 0. The lowest BCUT2D eigenvalue weighted by Crippen LogP contribution is -2.44. The highest BCUT2D eigenvalue weighted by Gasteiger charge is 2.21. The van der Waals surface area contributed by atoms with Crippen LogP contribution in [0.2, 0.25) is 0 Å². The predicted molar refractivity (Wildman–Crippen MR) is 180 cm³/mol. The minimum absolute atomic E-state index is 0.124. The molecule has 0 aliphatic rings. The molecule has 0 amide bonds. The largest absolute Gasteiger partial charge is 0.481 e. The van der Waals surface area contributed by atoms with Gasteiger partial charge in [0.25, 0.3) is 35.8 Å². The van der Waals surface area contributed by atoms with Crippen molar-refractivity contribution >= 4 is 71.6 Å². The number of carbonyl (C=O) groups is 12. The van der Waals surface area contributed by atoms with Crippen LogP contribution in [0.25, 0.3) is 0 Å². The number of nitrogens with two attached hydrogens (primary N) is 2. The van der Waals surface area contributed by atoms with Gasteiger partial charge in [-0.15, -0.1) is 0 Å². The van der Waals surface area contributed by atoms with Gasteiger partial charge in [0, 0.05) is 81.6 Å². The van der Waals surface area contributed by atoms with E-state index in [0.29, 0.717) is 13.1 Å². The first-order chi connectivity index (χ1) is 24.3. The van der Waals surface area contributed by atoms with Crippen molar-refractivity contribution < 1.29 is 108 Å². The summed E-state index contributed by atoms with van der Waals surface area (Å²) in [4.78, 5) is 122. The van der Waals surface area contributed by atoms with Gasteiger partial charge in [0.15, 0.2) is 0 Å². The Hall–Kier alpha value is -6.12. The lowest BCUT2D eigenvalue weighted by molar-refractivity contribution is -0.161. The molecule has 0 heterocycles. The predicted octanol–water partition coefficient (Wildman–Crippen LogP) is -2.61. The Morgan fingerprint density at radius 3 is 0.685 bits per heavy atom. The second-order valence-corrected chi connectivity index (χ2v) is 8.83. The van der Waals surface area contributed by atoms with Gasteiger partial charge in [0.1, 0.15) is 0 Å². The second kappa shape index (κ2) is 46.9. The van der Waals surface area contributed by atoms with E-state index in [-0.39, 0.29) is 13.1 Å². The first-order valence-corrected chi connectivity index (χ1v) is 14.2. The van der Waals surface area contributed by atoms with E-state index in [4.69, 9.17) is 81.1 Å².